The van der Waals surface area contributed by atoms with Crippen LogP contribution in [0.15, 0.2) is 42.5 Å². The molecule has 2 fully saturated rings. The number of hydrogen-bond acceptors (Lipinski definition) is 4. The summed E-state index contributed by atoms with van der Waals surface area (Å²) in [5, 5.41) is 0. The molecule has 0 aromatic heterocycles. The number of halogens is 1. The van der Waals surface area contributed by atoms with E-state index in [-0.39, 0.29) is 41.9 Å². The van der Waals surface area contributed by atoms with Crippen molar-refractivity contribution in [1.82, 2.24) is 4.90 Å². The Morgan fingerprint density at radius 3 is 2.38 bits per heavy atom. The third kappa shape index (κ3) is 4.07. The number of aryl methyl sites for hydroxylation is 2. The van der Waals surface area contributed by atoms with E-state index in [4.69, 9.17) is 0 Å². The van der Waals surface area contributed by atoms with Gasteiger partial charge in [0, 0.05) is 18.3 Å². The summed E-state index contributed by atoms with van der Waals surface area (Å²) in [5.74, 6) is -0.308. The summed E-state index contributed by atoms with van der Waals surface area (Å²) in [6, 6.07) is 11.5. The molecule has 0 aliphatic carbocycles. The van der Waals surface area contributed by atoms with Gasteiger partial charge >= 0.3 is 0 Å². The van der Waals surface area contributed by atoms with Crippen LogP contribution in [0.25, 0.3) is 0 Å². The van der Waals surface area contributed by atoms with Crippen molar-refractivity contribution in [2.24, 2.45) is 0 Å². The Kier molecular flexibility index (Phi) is 5.21. The molecule has 2 heterocycles. The van der Waals surface area contributed by atoms with Crippen molar-refractivity contribution in [1.29, 1.82) is 0 Å². The normalized spacial score (nSPS) is 24.0. The summed E-state index contributed by atoms with van der Waals surface area (Å²) in [6.45, 7) is 4.75. The number of piperazine rings is 1. The molecule has 0 spiro atoms. The van der Waals surface area contributed by atoms with E-state index in [9.17, 15) is 17.6 Å². The fourth-order valence-corrected chi connectivity index (χ4v) is 6.32. The lowest BCUT2D eigenvalue weighted by atomic mass is 10.0. The second-order valence-corrected chi connectivity index (χ2v) is 10.2. The maximum absolute atomic E-state index is 13.1. The van der Waals surface area contributed by atoms with Crippen LogP contribution >= 0.6 is 0 Å². The van der Waals surface area contributed by atoms with Gasteiger partial charge < -0.3 is 4.90 Å². The first-order valence-electron chi connectivity index (χ1n) is 9.82. The van der Waals surface area contributed by atoms with Crippen molar-refractivity contribution in [3.05, 3.63) is 65.0 Å². The Labute approximate surface area is 171 Å². The fourth-order valence-electron chi connectivity index (χ4n) is 4.34. The number of rotatable bonds is 4. The van der Waals surface area contributed by atoms with Gasteiger partial charge in [-0.25, -0.2) is 12.8 Å². The molecule has 29 heavy (non-hydrogen) atoms. The molecule has 2 atom stereocenters. The van der Waals surface area contributed by atoms with E-state index in [1.54, 1.807) is 17.0 Å². The molecule has 154 valence electrons. The number of anilines is 1. The zero-order valence-electron chi connectivity index (χ0n) is 16.6. The molecule has 2 aliphatic rings. The van der Waals surface area contributed by atoms with Crippen LogP contribution < -0.4 is 4.90 Å². The van der Waals surface area contributed by atoms with E-state index in [0.717, 1.165) is 22.4 Å². The van der Waals surface area contributed by atoms with Crippen molar-refractivity contribution < 1.29 is 17.6 Å². The number of amides is 1. The van der Waals surface area contributed by atoms with Gasteiger partial charge in [-0.1, -0.05) is 18.2 Å². The molecular weight excluding hydrogens is 391 g/mol. The lowest BCUT2D eigenvalue weighted by molar-refractivity contribution is -0.123. The second-order valence-electron chi connectivity index (χ2n) is 8.09. The summed E-state index contributed by atoms with van der Waals surface area (Å²) in [5.41, 5.74) is 3.94. The summed E-state index contributed by atoms with van der Waals surface area (Å²) in [4.78, 5) is 16.7. The molecule has 4 rings (SSSR count). The lowest BCUT2D eigenvalue weighted by Gasteiger charge is -2.43. The number of carbonyl (C=O) groups is 1. The highest BCUT2D eigenvalue weighted by molar-refractivity contribution is 7.91. The number of fused-ring (bicyclic) bond motifs is 1. The van der Waals surface area contributed by atoms with E-state index in [2.05, 4.69) is 0 Å². The number of carbonyl (C=O) groups excluding carboxylic acids is 1. The van der Waals surface area contributed by atoms with Crippen LogP contribution in [0.5, 0.6) is 0 Å². The summed E-state index contributed by atoms with van der Waals surface area (Å²) in [7, 11) is -3.22. The van der Waals surface area contributed by atoms with Crippen molar-refractivity contribution in [3.8, 4) is 0 Å². The molecule has 0 N–H and O–H groups in total. The van der Waals surface area contributed by atoms with Crippen LogP contribution in [0, 0.1) is 19.7 Å². The third-order valence-electron chi connectivity index (χ3n) is 6.07. The average molecular weight is 417 g/mol. The molecule has 5 nitrogen and oxygen atoms in total. The quantitative estimate of drug-likeness (QED) is 0.769. The minimum Gasteiger partial charge on any atom is -0.306 e. The first kappa shape index (κ1) is 20.0. The minimum absolute atomic E-state index is 0.0105. The first-order valence-corrected chi connectivity index (χ1v) is 11.6. The van der Waals surface area contributed by atoms with Crippen molar-refractivity contribution in [2.45, 2.75) is 32.4 Å². The van der Waals surface area contributed by atoms with Crippen LogP contribution in [0.3, 0.4) is 0 Å². The Morgan fingerprint density at radius 1 is 1.00 bits per heavy atom. The number of sulfone groups is 1. The van der Waals surface area contributed by atoms with Crippen molar-refractivity contribution in [3.63, 3.8) is 0 Å². The Balaban J connectivity index is 1.59. The first-order chi connectivity index (χ1) is 13.7. The van der Waals surface area contributed by atoms with Gasteiger partial charge in [-0.2, -0.15) is 0 Å². The highest BCUT2D eigenvalue weighted by atomic mass is 32.2. The topological polar surface area (TPSA) is 57.7 Å². The molecule has 7 heteroatoms. The lowest BCUT2D eigenvalue weighted by Crippen LogP contribution is -2.62. The predicted molar refractivity (Wildman–Crippen MR) is 111 cm³/mol. The van der Waals surface area contributed by atoms with E-state index in [1.807, 2.05) is 36.9 Å². The molecular formula is C22H25FN2O3S. The van der Waals surface area contributed by atoms with Gasteiger partial charge in [0.05, 0.1) is 24.1 Å². The maximum atomic E-state index is 13.1. The van der Waals surface area contributed by atoms with Gasteiger partial charge in [-0.05, 0) is 61.2 Å². The summed E-state index contributed by atoms with van der Waals surface area (Å²) >= 11 is 0. The Morgan fingerprint density at radius 2 is 1.69 bits per heavy atom. The fraction of sp³-hybridized carbons (Fsp3) is 0.409. The van der Waals surface area contributed by atoms with Gasteiger partial charge in [0.1, 0.15) is 5.82 Å². The molecule has 2 unspecified atom stereocenters. The molecule has 2 saturated heterocycles. The van der Waals surface area contributed by atoms with Crippen LogP contribution in [0.4, 0.5) is 10.1 Å². The number of nitrogens with zero attached hydrogens (tertiary/aromatic N) is 2. The Bertz CT molecular complexity index is 1040. The standard InChI is InChI=1S/C22H25FN2O3S/c1-15-3-8-19(11-16(15)2)25-21-14-29(27,28)13-20(21)24(12-22(25)26)10-9-17-4-6-18(23)7-5-17/h3-8,11,20-21H,9-10,12-14H2,1-2H3. The molecule has 1 amide bonds. The van der Waals surface area contributed by atoms with E-state index in [1.165, 1.54) is 12.1 Å². The van der Waals surface area contributed by atoms with Crippen LogP contribution in [0.2, 0.25) is 0 Å². The molecule has 0 radical (unpaired) electrons. The number of benzene rings is 2. The summed E-state index contributed by atoms with van der Waals surface area (Å²) in [6.07, 6.45) is 0.639. The molecule has 2 aliphatic heterocycles. The monoisotopic (exact) mass is 416 g/mol. The maximum Gasteiger partial charge on any atom is 0.241 e. The highest BCUT2D eigenvalue weighted by Gasteiger charge is 2.49. The smallest absolute Gasteiger partial charge is 0.241 e. The second kappa shape index (κ2) is 7.54. The predicted octanol–water partition coefficient (Wildman–Crippen LogP) is 2.50. The van der Waals surface area contributed by atoms with E-state index in [0.29, 0.717) is 13.0 Å². The largest absolute Gasteiger partial charge is 0.306 e. The van der Waals surface area contributed by atoms with Crippen LogP contribution in [0.1, 0.15) is 16.7 Å². The molecule has 2 aromatic carbocycles. The minimum atomic E-state index is -3.22. The van der Waals surface area contributed by atoms with Crippen molar-refractivity contribution >= 4 is 21.4 Å². The van der Waals surface area contributed by atoms with Gasteiger partial charge in [-0.15, -0.1) is 0 Å². The summed E-state index contributed by atoms with van der Waals surface area (Å²) < 4.78 is 38.0. The zero-order valence-corrected chi connectivity index (χ0v) is 17.5. The van der Waals surface area contributed by atoms with Crippen LogP contribution in [-0.4, -0.2) is 55.9 Å². The average Bonchev–Trinajstić information content (AvgIpc) is 2.98. The Hall–Kier alpha value is -2.25. The SMILES string of the molecule is Cc1ccc(N2C(=O)CN(CCc3ccc(F)cc3)C3CS(=O)(=O)CC32)cc1C. The van der Waals surface area contributed by atoms with E-state index < -0.39 is 9.84 Å². The van der Waals surface area contributed by atoms with Gasteiger partial charge in [0.25, 0.3) is 0 Å². The molecule has 0 saturated carbocycles. The van der Waals surface area contributed by atoms with Gasteiger partial charge in [0.2, 0.25) is 5.91 Å². The van der Waals surface area contributed by atoms with Gasteiger partial charge in [0.15, 0.2) is 9.84 Å². The highest BCUT2D eigenvalue weighted by Crippen LogP contribution is 2.32. The van der Waals surface area contributed by atoms with Crippen molar-refractivity contribution in [2.75, 3.05) is 29.5 Å². The number of hydrogen-bond donors (Lipinski definition) is 0. The van der Waals surface area contributed by atoms with Gasteiger partial charge in [-0.3, -0.25) is 9.69 Å². The molecule has 0 bridgehead atoms. The molecule has 2 aromatic rings. The van der Waals surface area contributed by atoms with Crippen LogP contribution in [-0.2, 0) is 21.1 Å². The zero-order chi connectivity index (χ0) is 20.8. The third-order valence-corrected chi connectivity index (χ3v) is 7.77. The van der Waals surface area contributed by atoms with E-state index >= 15 is 0 Å².